The minimum atomic E-state index is -0.291. The Morgan fingerprint density at radius 1 is 1.20 bits per heavy atom. The number of halogens is 2. The molecule has 0 fully saturated rings. The summed E-state index contributed by atoms with van der Waals surface area (Å²) in [5.41, 5.74) is 8.11. The summed E-state index contributed by atoms with van der Waals surface area (Å²) in [6.45, 7) is 4.93. The molecule has 0 amide bonds. The number of hydrogen-bond acceptors (Lipinski definition) is 2. The van der Waals surface area contributed by atoms with Gasteiger partial charge in [0.15, 0.2) is 0 Å². The lowest BCUT2D eigenvalue weighted by Crippen LogP contribution is -2.28. The molecule has 0 bridgehead atoms. The smallest absolute Gasteiger partial charge is 0.125 e. The predicted molar refractivity (Wildman–Crippen MR) is 86.5 cm³/mol. The second-order valence-corrected chi connectivity index (χ2v) is 6.30. The van der Waals surface area contributed by atoms with Crippen molar-refractivity contribution in [3.8, 4) is 0 Å². The van der Waals surface area contributed by atoms with Gasteiger partial charge < -0.3 is 11.1 Å². The van der Waals surface area contributed by atoms with Crippen LogP contribution in [0, 0.1) is 5.82 Å². The fraction of sp³-hybridized carbons (Fsp3) is 0.250. The fourth-order valence-electron chi connectivity index (χ4n) is 2.10. The van der Waals surface area contributed by atoms with Crippen LogP contribution in [-0.2, 0) is 5.41 Å². The Morgan fingerprint density at radius 3 is 2.60 bits per heavy atom. The molecular weight excluding hydrogens is 319 g/mol. The summed E-state index contributed by atoms with van der Waals surface area (Å²) in [5.74, 6) is -0.291. The van der Waals surface area contributed by atoms with Crippen LogP contribution < -0.4 is 11.1 Å². The highest BCUT2D eigenvalue weighted by atomic mass is 79.9. The number of anilines is 2. The second-order valence-electron chi connectivity index (χ2n) is 5.45. The third-order valence-corrected chi connectivity index (χ3v) is 4.03. The Bertz CT molecular complexity index is 611. The molecule has 3 N–H and O–H groups in total. The van der Waals surface area contributed by atoms with Crippen LogP contribution in [0.5, 0.6) is 0 Å². The molecule has 0 spiro atoms. The van der Waals surface area contributed by atoms with Crippen molar-refractivity contribution in [3.05, 3.63) is 58.3 Å². The number of nitrogens with one attached hydrogen (secondary N) is 1. The molecule has 2 rings (SSSR count). The van der Waals surface area contributed by atoms with Crippen LogP contribution >= 0.6 is 15.9 Å². The average molecular weight is 337 g/mol. The van der Waals surface area contributed by atoms with E-state index in [2.05, 4.69) is 41.2 Å². The molecule has 0 saturated heterocycles. The molecule has 2 nitrogen and oxygen atoms in total. The molecule has 0 saturated carbocycles. The first-order valence-electron chi connectivity index (χ1n) is 6.44. The SMILES string of the molecule is CC(C)(CNc1cc(F)ccc1N)c1ccccc1Br. The third kappa shape index (κ3) is 3.31. The highest BCUT2D eigenvalue weighted by Gasteiger charge is 2.22. The van der Waals surface area contributed by atoms with Gasteiger partial charge in [0.05, 0.1) is 11.4 Å². The number of benzene rings is 2. The van der Waals surface area contributed by atoms with Crippen molar-refractivity contribution >= 4 is 27.3 Å². The van der Waals surface area contributed by atoms with Crippen molar-refractivity contribution < 1.29 is 4.39 Å². The van der Waals surface area contributed by atoms with E-state index in [1.807, 2.05) is 18.2 Å². The Kier molecular flexibility index (Phi) is 4.33. The monoisotopic (exact) mass is 336 g/mol. The highest BCUT2D eigenvalue weighted by molar-refractivity contribution is 9.10. The van der Waals surface area contributed by atoms with Crippen LogP contribution in [0.25, 0.3) is 0 Å². The van der Waals surface area contributed by atoms with E-state index in [9.17, 15) is 4.39 Å². The highest BCUT2D eigenvalue weighted by Crippen LogP contribution is 2.31. The minimum absolute atomic E-state index is 0.112. The standard InChI is InChI=1S/C16H18BrFN2/c1-16(2,12-5-3-4-6-13(12)17)10-20-15-9-11(18)7-8-14(15)19/h3-9,20H,10,19H2,1-2H3. The van der Waals surface area contributed by atoms with Crippen LogP contribution in [0.15, 0.2) is 46.9 Å². The largest absolute Gasteiger partial charge is 0.397 e. The van der Waals surface area contributed by atoms with Gasteiger partial charge in [0, 0.05) is 16.4 Å². The minimum Gasteiger partial charge on any atom is -0.397 e. The van der Waals surface area contributed by atoms with Crippen molar-refractivity contribution in [2.45, 2.75) is 19.3 Å². The maximum Gasteiger partial charge on any atom is 0.125 e. The molecular formula is C16H18BrFN2. The lowest BCUT2D eigenvalue weighted by atomic mass is 9.84. The van der Waals surface area contributed by atoms with Gasteiger partial charge in [0.25, 0.3) is 0 Å². The first kappa shape index (κ1) is 14.9. The average Bonchev–Trinajstić information content (AvgIpc) is 2.40. The number of rotatable bonds is 4. The van der Waals surface area contributed by atoms with Crippen molar-refractivity contribution in [2.24, 2.45) is 0 Å². The zero-order valence-electron chi connectivity index (χ0n) is 11.6. The zero-order chi connectivity index (χ0) is 14.8. The first-order chi connectivity index (χ1) is 9.40. The van der Waals surface area contributed by atoms with E-state index in [0.717, 1.165) is 4.47 Å². The van der Waals surface area contributed by atoms with Crippen molar-refractivity contribution in [3.63, 3.8) is 0 Å². The molecule has 0 radical (unpaired) electrons. The number of nitrogens with two attached hydrogens (primary N) is 1. The Balaban J connectivity index is 2.17. The molecule has 20 heavy (non-hydrogen) atoms. The molecule has 0 atom stereocenters. The Labute approximate surface area is 127 Å². The van der Waals surface area contributed by atoms with Crippen molar-refractivity contribution in [2.75, 3.05) is 17.6 Å². The van der Waals surface area contributed by atoms with Gasteiger partial charge in [-0.2, -0.15) is 0 Å². The summed E-state index contributed by atoms with van der Waals surface area (Å²) >= 11 is 3.57. The molecule has 4 heteroatoms. The summed E-state index contributed by atoms with van der Waals surface area (Å²) in [5, 5.41) is 3.23. The van der Waals surface area contributed by atoms with Crippen LogP contribution in [0.4, 0.5) is 15.8 Å². The van der Waals surface area contributed by atoms with E-state index in [0.29, 0.717) is 17.9 Å². The van der Waals surface area contributed by atoms with Crippen LogP contribution in [0.1, 0.15) is 19.4 Å². The van der Waals surface area contributed by atoms with E-state index in [4.69, 9.17) is 5.73 Å². The van der Waals surface area contributed by atoms with Gasteiger partial charge in [-0.25, -0.2) is 4.39 Å². The van der Waals surface area contributed by atoms with Crippen LogP contribution in [0.2, 0.25) is 0 Å². The lowest BCUT2D eigenvalue weighted by molar-refractivity contribution is 0.554. The van der Waals surface area contributed by atoms with Gasteiger partial charge in [0.2, 0.25) is 0 Å². The first-order valence-corrected chi connectivity index (χ1v) is 7.23. The summed E-state index contributed by atoms with van der Waals surface area (Å²) in [6, 6.07) is 12.5. The topological polar surface area (TPSA) is 38.0 Å². The molecule has 0 aliphatic rings. The van der Waals surface area contributed by atoms with Crippen molar-refractivity contribution in [1.82, 2.24) is 0 Å². The van der Waals surface area contributed by atoms with Gasteiger partial charge >= 0.3 is 0 Å². The quantitative estimate of drug-likeness (QED) is 0.803. The molecule has 2 aromatic carbocycles. The normalized spacial score (nSPS) is 11.4. The summed E-state index contributed by atoms with van der Waals surface area (Å²) in [7, 11) is 0. The maximum absolute atomic E-state index is 13.3. The lowest BCUT2D eigenvalue weighted by Gasteiger charge is -2.27. The molecule has 0 heterocycles. The number of hydrogen-bond donors (Lipinski definition) is 2. The number of nitrogen functional groups attached to an aromatic ring is 1. The predicted octanol–water partition coefficient (Wildman–Crippen LogP) is 4.56. The van der Waals surface area contributed by atoms with E-state index in [-0.39, 0.29) is 11.2 Å². The van der Waals surface area contributed by atoms with Crippen molar-refractivity contribution in [1.29, 1.82) is 0 Å². The van der Waals surface area contributed by atoms with E-state index in [1.54, 1.807) is 6.07 Å². The maximum atomic E-state index is 13.3. The molecule has 106 valence electrons. The van der Waals surface area contributed by atoms with Crippen LogP contribution in [0.3, 0.4) is 0 Å². The van der Waals surface area contributed by atoms with Gasteiger partial charge in [0.1, 0.15) is 5.82 Å². The van der Waals surface area contributed by atoms with Crippen LogP contribution in [-0.4, -0.2) is 6.54 Å². The van der Waals surface area contributed by atoms with E-state index >= 15 is 0 Å². The fourth-order valence-corrected chi connectivity index (χ4v) is 2.92. The Morgan fingerprint density at radius 2 is 1.90 bits per heavy atom. The second kappa shape index (κ2) is 5.83. The van der Waals surface area contributed by atoms with E-state index in [1.165, 1.54) is 17.7 Å². The molecule has 0 unspecified atom stereocenters. The zero-order valence-corrected chi connectivity index (χ0v) is 13.2. The third-order valence-electron chi connectivity index (χ3n) is 3.34. The van der Waals surface area contributed by atoms with E-state index < -0.39 is 0 Å². The van der Waals surface area contributed by atoms with Gasteiger partial charge in [-0.1, -0.05) is 48.0 Å². The van der Waals surface area contributed by atoms with Gasteiger partial charge in [-0.05, 0) is 29.8 Å². The molecule has 0 aromatic heterocycles. The molecule has 0 aliphatic heterocycles. The van der Waals surface area contributed by atoms with Gasteiger partial charge in [-0.3, -0.25) is 0 Å². The summed E-state index contributed by atoms with van der Waals surface area (Å²) in [6.07, 6.45) is 0. The Hall–Kier alpha value is -1.55. The summed E-state index contributed by atoms with van der Waals surface area (Å²) < 4.78 is 14.3. The molecule has 0 aliphatic carbocycles. The summed E-state index contributed by atoms with van der Waals surface area (Å²) in [4.78, 5) is 0. The molecule has 2 aromatic rings. The van der Waals surface area contributed by atoms with Gasteiger partial charge in [-0.15, -0.1) is 0 Å².